The SMILES string of the molecule is CCCCCCCCCCCCCCCCCC(=O)NCC1CO1. The molecular formula is C21H41NO2. The van der Waals surface area contributed by atoms with Crippen LogP contribution in [-0.2, 0) is 9.53 Å². The van der Waals surface area contributed by atoms with E-state index in [9.17, 15) is 4.79 Å². The lowest BCUT2D eigenvalue weighted by atomic mass is 10.0. The topological polar surface area (TPSA) is 41.6 Å². The van der Waals surface area contributed by atoms with Crippen LogP contribution in [0.25, 0.3) is 0 Å². The molecule has 0 aromatic carbocycles. The van der Waals surface area contributed by atoms with Gasteiger partial charge in [-0.1, -0.05) is 96.8 Å². The van der Waals surface area contributed by atoms with E-state index in [0.29, 0.717) is 19.1 Å². The van der Waals surface area contributed by atoms with E-state index in [0.717, 1.165) is 13.0 Å². The van der Waals surface area contributed by atoms with E-state index in [1.54, 1.807) is 0 Å². The maximum atomic E-state index is 11.5. The number of ether oxygens (including phenoxy) is 1. The van der Waals surface area contributed by atoms with Gasteiger partial charge in [-0.3, -0.25) is 4.79 Å². The zero-order valence-corrected chi connectivity index (χ0v) is 16.1. The summed E-state index contributed by atoms with van der Waals surface area (Å²) in [5.74, 6) is 0.195. The van der Waals surface area contributed by atoms with Crippen molar-refractivity contribution in [3.63, 3.8) is 0 Å². The first-order valence-electron chi connectivity index (χ1n) is 10.7. The van der Waals surface area contributed by atoms with E-state index in [2.05, 4.69) is 12.2 Å². The molecule has 1 fully saturated rings. The number of rotatable bonds is 18. The third-order valence-corrected chi connectivity index (χ3v) is 4.94. The average molecular weight is 340 g/mol. The molecule has 3 nitrogen and oxygen atoms in total. The quantitative estimate of drug-likeness (QED) is 0.255. The minimum absolute atomic E-state index is 0.195. The molecule has 24 heavy (non-hydrogen) atoms. The predicted octanol–water partition coefficient (Wildman–Crippen LogP) is 5.76. The third kappa shape index (κ3) is 15.0. The standard InChI is InChI=1S/C21H41NO2/c1-2-3-4-5-6-7-8-9-10-11-12-13-14-15-16-17-21(23)22-18-20-19-24-20/h20H,2-19H2,1H3,(H,22,23). The van der Waals surface area contributed by atoms with Gasteiger partial charge in [0.1, 0.15) is 0 Å². The summed E-state index contributed by atoms with van der Waals surface area (Å²) in [5.41, 5.74) is 0. The molecule has 0 saturated carbocycles. The van der Waals surface area contributed by atoms with Gasteiger partial charge in [0, 0.05) is 13.0 Å². The maximum Gasteiger partial charge on any atom is 0.220 e. The number of epoxide rings is 1. The molecular weight excluding hydrogens is 298 g/mol. The van der Waals surface area contributed by atoms with E-state index in [1.807, 2.05) is 0 Å². The Balaban J connectivity index is 1.66. The molecule has 0 aromatic rings. The molecule has 142 valence electrons. The van der Waals surface area contributed by atoms with Gasteiger partial charge in [-0.2, -0.15) is 0 Å². The van der Waals surface area contributed by atoms with Crippen LogP contribution >= 0.6 is 0 Å². The minimum Gasteiger partial charge on any atom is -0.371 e. The van der Waals surface area contributed by atoms with Gasteiger partial charge < -0.3 is 10.1 Å². The fourth-order valence-electron chi connectivity index (χ4n) is 3.16. The first-order valence-corrected chi connectivity index (χ1v) is 10.7. The molecule has 0 radical (unpaired) electrons. The molecule has 1 aliphatic rings. The molecule has 1 saturated heterocycles. The van der Waals surface area contributed by atoms with Gasteiger partial charge in [0.25, 0.3) is 0 Å². The number of carbonyl (C=O) groups is 1. The lowest BCUT2D eigenvalue weighted by Crippen LogP contribution is -2.27. The number of amides is 1. The summed E-state index contributed by atoms with van der Waals surface area (Å²) in [5, 5.41) is 2.93. The van der Waals surface area contributed by atoms with E-state index in [4.69, 9.17) is 4.74 Å². The van der Waals surface area contributed by atoms with Crippen LogP contribution in [0.5, 0.6) is 0 Å². The van der Waals surface area contributed by atoms with Crippen molar-refractivity contribution >= 4 is 5.91 Å². The number of hydrogen-bond donors (Lipinski definition) is 1. The van der Waals surface area contributed by atoms with Crippen molar-refractivity contribution in [1.29, 1.82) is 0 Å². The second-order valence-electron chi connectivity index (χ2n) is 7.46. The highest BCUT2D eigenvalue weighted by Gasteiger charge is 2.22. The van der Waals surface area contributed by atoms with Crippen molar-refractivity contribution in [3.05, 3.63) is 0 Å². The maximum absolute atomic E-state index is 11.5. The summed E-state index contributed by atoms with van der Waals surface area (Å²) in [6.07, 6.45) is 21.5. The van der Waals surface area contributed by atoms with Crippen molar-refractivity contribution in [2.45, 2.75) is 116 Å². The zero-order chi connectivity index (χ0) is 17.3. The first kappa shape index (κ1) is 21.5. The summed E-state index contributed by atoms with van der Waals surface area (Å²) < 4.78 is 5.08. The third-order valence-electron chi connectivity index (χ3n) is 4.94. The molecule has 0 bridgehead atoms. The normalized spacial score (nSPS) is 16.3. The molecule has 3 heteroatoms. The molecule has 1 N–H and O–H groups in total. The van der Waals surface area contributed by atoms with E-state index >= 15 is 0 Å². The summed E-state index contributed by atoms with van der Waals surface area (Å²) >= 11 is 0. The summed E-state index contributed by atoms with van der Waals surface area (Å²) in [4.78, 5) is 11.5. The highest BCUT2D eigenvalue weighted by Crippen LogP contribution is 2.13. The van der Waals surface area contributed by atoms with E-state index in [-0.39, 0.29) is 5.91 Å². The number of carbonyl (C=O) groups excluding carboxylic acids is 1. The second kappa shape index (κ2) is 15.9. The molecule has 1 unspecified atom stereocenters. The predicted molar refractivity (Wildman–Crippen MR) is 102 cm³/mol. The molecule has 0 aromatic heterocycles. The minimum atomic E-state index is 0.195. The van der Waals surface area contributed by atoms with Crippen molar-refractivity contribution in [3.8, 4) is 0 Å². The molecule has 1 amide bonds. The van der Waals surface area contributed by atoms with Crippen LogP contribution in [0.4, 0.5) is 0 Å². The van der Waals surface area contributed by atoms with Crippen LogP contribution in [-0.4, -0.2) is 25.2 Å². The highest BCUT2D eigenvalue weighted by molar-refractivity contribution is 5.75. The van der Waals surface area contributed by atoms with Crippen LogP contribution in [0.2, 0.25) is 0 Å². The molecule has 0 spiro atoms. The smallest absolute Gasteiger partial charge is 0.220 e. The molecule has 1 atom stereocenters. The number of nitrogens with one attached hydrogen (secondary N) is 1. The Bertz CT molecular complexity index is 290. The van der Waals surface area contributed by atoms with Gasteiger partial charge in [0.15, 0.2) is 0 Å². The Morgan fingerprint density at radius 1 is 0.792 bits per heavy atom. The fourth-order valence-corrected chi connectivity index (χ4v) is 3.16. The van der Waals surface area contributed by atoms with Crippen LogP contribution in [0, 0.1) is 0 Å². The van der Waals surface area contributed by atoms with Crippen LogP contribution < -0.4 is 5.32 Å². The fraction of sp³-hybridized carbons (Fsp3) is 0.952. The van der Waals surface area contributed by atoms with Gasteiger partial charge >= 0.3 is 0 Å². The van der Waals surface area contributed by atoms with E-state index < -0.39 is 0 Å². The Kier molecular flexibility index (Phi) is 14.3. The lowest BCUT2D eigenvalue weighted by Gasteiger charge is -2.04. The summed E-state index contributed by atoms with van der Waals surface area (Å²) in [6, 6.07) is 0. The van der Waals surface area contributed by atoms with Crippen LogP contribution in [0.3, 0.4) is 0 Å². The van der Waals surface area contributed by atoms with Crippen LogP contribution in [0.15, 0.2) is 0 Å². The summed E-state index contributed by atoms with van der Waals surface area (Å²) in [6.45, 7) is 3.81. The van der Waals surface area contributed by atoms with Gasteiger partial charge in [-0.15, -0.1) is 0 Å². The van der Waals surface area contributed by atoms with Crippen molar-refractivity contribution in [1.82, 2.24) is 5.32 Å². The molecule has 1 aliphatic heterocycles. The zero-order valence-electron chi connectivity index (χ0n) is 16.1. The highest BCUT2D eigenvalue weighted by atomic mass is 16.6. The average Bonchev–Trinajstić information content (AvgIpc) is 3.41. The monoisotopic (exact) mass is 339 g/mol. The van der Waals surface area contributed by atoms with Crippen molar-refractivity contribution in [2.24, 2.45) is 0 Å². The van der Waals surface area contributed by atoms with Gasteiger partial charge in [-0.05, 0) is 6.42 Å². The molecule has 1 rings (SSSR count). The molecule has 1 heterocycles. The van der Waals surface area contributed by atoms with Crippen LogP contribution in [0.1, 0.15) is 110 Å². The first-order chi connectivity index (χ1) is 11.8. The van der Waals surface area contributed by atoms with Gasteiger partial charge in [0.2, 0.25) is 5.91 Å². The number of unbranched alkanes of at least 4 members (excludes halogenated alkanes) is 14. The Morgan fingerprint density at radius 3 is 1.62 bits per heavy atom. The van der Waals surface area contributed by atoms with Gasteiger partial charge in [-0.25, -0.2) is 0 Å². The summed E-state index contributed by atoms with van der Waals surface area (Å²) in [7, 11) is 0. The lowest BCUT2D eigenvalue weighted by molar-refractivity contribution is -0.121. The Labute approximate surface area is 150 Å². The number of hydrogen-bond acceptors (Lipinski definition) is 2. The van der Waals surface area contributed by atoms with E-state index in [1.165, 1.54) is 89.9 Å². The largest absolute Gasteiger partial charge is 0.371 e. The molecule has 0 aliphatic carbocycles. The van der Waals surface area contributed by atoms with Crippen molar-refractivity contribution in [2.75, 3.05) is 13.2 Å². The van der Waals surface area contributed by atoms with Crippen molar-refractivity contribution < 1.29 is 9.53 Å². The van der Waals surface area contributed by atoms with Gasteiger partial charge in [0.05, 0.1) is 12.7 Å². The second-order valence-corrected chi connectivity index (χ2v) is 7.46. The Morgan fingerprint density at radius 2 is 1.21 bits per heavy atom. The Hall–Kier alpha value is -0.570.